The first-order chi connectivity index (χ1) is 12.1. The van der Waals surface area contributed by atoms with Crippen LogP contribution in [0.5, 0.6) is 5.75 Å². The molecule has 3 rings (SSSR count). The Morgan fingerprint density at radius 1 is 1.08 bits per heavy atom. The van der Waals surface area contributed by atoms with E-state index in [1.54, 1.807) is 18.3 Å². The fourth-order valence-electron chi connectivity index (χ4n) is 2.71. The number of carbonyl (C=O) groups excluding carboxylic acids is 1. The molecule has 1 aliphatic rings. The zero-order chi connectivity index (χ0) is 17.6. The van der Waals surface area contributed by atoms with Crippen LogP contribution in [0.2, 0.25) is 10.0 Å². The number of aromatic nitrogens is 1. The van der Waals surface area contributed by atoms with E-state index >= 15 is 0 Å². The molecule has 2 heterocycles. The Kier molecular flexibility index (Phi) is 6.00. The van der Waals surface area contributed by atoms with Crippen molar-refractivity contribution in [1.82, 2.24) is 9.88 Å². The minimum absolute atomic E-state index is 0.103. The Hall–Kier alpha value is -1.98. The smallest absolute Gasteiger partial charge is 0.226 e. The number of halogens is 2. The fourth-order valence-corrected chi connectivity index (χ4v) is 3.00. The highest BCUT2D eigenvalue weighted by Crippen LogP contribution is 2.18. The fraction of sp³-hybridized carbons (Fsp3) is 0.333. The lowest BCUT2D eigenvalue weighted by Gasteiger charge is -2.35. The third kappa shape index (κ3) is 5.00. The quantitative estimate of drug-likeness (QED) is 0.797. The van der Waals surface area contributed by atoms with E-state index in [-0.39, 0.29) is 5.91 Å². The predicted molar refractivity (Wildman–Crippen MR) is 99.6 cm³/mol. The standard InChI is InChI=1S/C18H19Cl2N3O2/c19-14-2-1-3-16(12-14)25-11-6-18(24)23-9-7-22(8-10-23)17-5-4-15(20)13-21-17/h1-5,12-13H,6-11H2. The first-order valence-electron chi connectivity index (χ1n) is 8.14. The van der Waals surface area contributed by atoms with Gasteiger partial charge in [-0.25, -0.2) is 4.98 Å². The molecule has 5 nitrogen and oxygen atoms in total. The van der Waals surface area contributed by atoms with E-state index in [0.29, 0.717) is 41.9 Å². The summed E-state index contributed by atoms with van der Waals surface area (Å²) in [6.45, 7) is 3.23. The van der Waals surface area contributed by atoms with Crippen LogP contribution in [0, 0.1) is 0 Å². The zero-order valence-electron chi connectivity index (χ0n) is 13.7. The molecule has 0 saturated carbocycles. The number of pyridine rings is 1. The van der Waals surface area contributed by atoms with E-state index < -0.39 is 0 Å². The molecule has 1 aromatic carbocycles. The molecule has 1 amide bonds. The van der Waals surface area contributed by atoms with Gasteiger partial charge in [-0.05, 0) is 30.3 Å². The maximum atomic E-state index is 12.3. The number of nitrogens with zero attached hydrogens (tertiary/aromatic N) is 3. The molecule has 7 heteroatoms. The monoisotopic (exact) mass is 379 g/mol. The first kappa shape index (κ1) is 17.8. The number of rotatable bonds is 5. The van der Waals surface area contributed by atoms with Crippen molar-refractivity contribution in [1.29, 1.82) is 0 Å². The Labute approximate surface area is 157 Å². The Morgan fingerprint density at radius 3 is 2.56 bits per heavy atom. The van der Waals surface area contributed by atoms with Crippen molar-refractivity contribution in [2.24, 2.45) is 0 Å². The molecule has 1 aliphatic heterocycles. The van der Waals surface area contributed by atoms with Crippen LogP contribution >= 0.6 is 23.2 Å². The Morgan fingerprint density at radius 2 is 1.88 bits per heavy atom. The molecule has 0 bridgehead atoms. The molecule has 0 atom stereocenters. The molecule has 2 aromatic rings. The molecular weight excluding hydrogens is 361 g/mol. The van der Waals surface area contributed by atoms with Crippen LogP contribution in [0.25, 0.3) is 0 Å². The molecule has 0 N–H and O–H groups in total. The van der Waals surface area contributed by atoms with Crippen molar-refractivity contribution < 1.29 is 9.53 Å². The van der Waals surface area contributed by atoms with Gasteiger partial charge in [-0.15, -0.1) is 0 Å². The minimum Gasteiger partial charge on any atom is -0.493 e. The van der Waals surface area contributed by atoms with E-state index in [0.717, 1.165) is 18.9 Å². The van der Waals surface area contributed by atoms with Crippen LogP contribution in [0.15, 0.2) is 42.6 Å². The van der Waals surface area contributed by atoms with Crippen LogP contribution in [0.4, 0.5) is 5.82 Å². The number of carbonyl (C=O) groups is 1. The van der Waals surface area contributed by atoms with Crippen molar-refractivity contribution in [2.75, 3.05) is 37.7 Å². The van der Waals surface area contributed by atoms with Gasteiger partial charge in [0.1, 0.15) is 11.6 Å². The van der Waals surface area contributed by atoms with Gasteiger partial charge in [0.15, 0.2) is 0 Å². The molecule has 132 valence electrons. The average Bonchev–Trinajstić information content (AvgIpc) is 2.62. The van der Waals surface area contributed by atoms with E-state index in [1.165, 1.54) is 0 Å². The van der Waals surface area contributed by atoms with E-state index in [4.69, 9.17) is 27.9 Å². The number of hydrogen-bond acceptors (Lipinski definition) is 4. The summed E-state index contributed by atoms with van der Waals surface area (Å²) in [5, 5.41) is 1.24. The maximum Gasteiger partial charge on any atom is 0.226 e. The third-order valence-corrected chi connectivity index (χ3v) is 4.51. The van der Waals surface area contributed by atoms with Gasteiger partial charge in [-0.3, -0.25) is 4.79 Å². The number of benzene rings is 1. The van der Waals surface area contributed by atoms with Gasteiger partial charge < -0.3 is 14.5 Å². The largest absolute Gasteiger partial charge is 0.493 e. The summed E-state index contributed by atoms with van der Waals surface area (Å²) in [6, 6.07) is 10.9. The van der Waals surface area contributed by atoms with E-state index in [1.807, 2.05) is 29.2 Å². The molecule has 1 saturated heterocycles. The van der Waals surface area contributed by atoms with Gasteiger partial charge in [0, 0.05) is 37.4 Å². The van der Waals surface area contributed by atoms with Gasteiger partial charge in [0.25, 0.3) is 0 Å². The lowest BCUT2D eigenvalue weighted by atomic mass is 10.2. The van der Waals surface area contributed by atoms with Gasteiger partial charge >= 0.3 is 0 Å². The molecule has 1 aromatic heterocycles. The number of ether oxygens (including phenoxy) is 1. The average molecular weight is 380 g/mol. The maximum absolute atomic E-state index is 12.3. The van der Waals surface area contributed by atoms with Crippen LogP contribution in [0.1, 0.15) is 6.42 Å². The zero-order valence-corrected chi connectivity index (χ0v) is 15.2. The summed E-state index contributed by atoms with van der Waals surface area (Å²) >= 11 is 11.8. The lowest BCUT2D eigenvalue weighted by molar-refractivity contribution is -0.132. The molecule has 0 spiro atoms. The molecule has 0 aliphatic carbocycles. The van der Waals surface area contributed by atoms with Crippen LogP contribution in [-0.4, -0.2) is 48.6 Å². The van der Waals surface area contributed by atoms with Crippen LogP contribution in [0.3, 0.4) is 0 Å². The highest BCUT2D eigenvalue weighted by Gasteiger charge is 2.21. The highest BCUT2D eigenvalue weighted by molar-refractivity contribution is 6.30. The predicted octanol–water partition coefficient (Wildman–Crippen LogP) is 3.51. The summed E-state index contributed by atoms with van der Waals surface area (Å²) in [5.41, 5.74) is 0. The summed E-state index contributed by atoms with van der Waals surface area (Å²) < 4.78 is 5.59. The van der Waals surface area contributed by atoms with Crippen molar-refractivity contribution >= 4 is 34.9 Å². The summed E-state index contributed by atoms with van der Waals surface area (Å²) in [7, 11) is 0. The normalized spacial score (nSPS) is 14.5. The number of piperazine rings is 1. The molecule has 0 radical (unpaired) electrons. The van der Waals surface area contributed by atoms with Gasteiger partial charge in [-0.2, -0.15) is 0 Å². The summed E-state index contributed by atoms with van der Waals surface area (Å²) in [6.07, 6.45) is 1.99. The van der Waals surface area contributed by atoms with E-state index in [2.05, 4.69) is 9.88 Å². The molecule has 25 heavy (non-hydrogen) atoms. The highest BCUT2D eigenvalue weighted by atomic mass is 35.5. The number of anilines is 1. The van der Waals surface area contributed by atoms with Crippen LogP contribution in [-0.2, 0) is 4.79 Å². The second kappa shape index (κ2) is 8.41. The summed E-state index contributed by atoms with van der Waals surface area (Å²) in [4.78, 5) is 20.7. The summed E-state index contributed by atoms with van der Waals surface area (Å²) in [5.74, 6) is 1.67. The number of amides is 1. The Bertz CT molecular complexity index is 717. The molecular formula is C18H19Cl2N3O2. The SMILES string of the molecule is O=C(CCOc1cccc(Cl)c1)N1CCN(c2ccc(Cl)cn2)CC1. The van der Waals surface area contributed by atoms with Gasteiger partial charge in [0.2, 0.25) is 5.91 Å². The topological polar surface area (TPSA) is 45.7 Å². The second-order valence-corrected chi connectivity index (χ2v) is 6.63. The van der Waals surface area contributed by atoms with Gasteiger partial charge in [0.05, 0.1) is 18.1 Å². The second-order valence-electron chi connectivity index (χ2n) is 5.76. The van der Waals surface area contributed by atoms with Crippen LogP contribution < -0.4 is 9.64 Å². The third-order valence-electron chi connectivity index (χ3n) is 4.05. The Balaban J connectivity index is 1.43. The van der Waals surface area contributed by atoms with E-state index in [9.17, 15) is 4.79 Å². The lowest BCUT2D eigenvalue weighted by Crippen LogP contribution is -2.49. The molecule has 1 fully saturated rings. The minimum atomic E-state index is 0.103. The first-order valence-corrected chi connectivity index (χ1v) is 8.90. The van der Waals surface area contributed by atoms with Crippen molar-refractivity contribution in [3.63, 3.8) is 0 Å². The number of hydrogen-bond donors (Lipinski definition) is 0. The van der Waals surface area contributed by atoms with Crippen molar-refractivity contribution in [3.8, 4) is 5.75 Å². The molecule has 0 unspecified atom stereocenters. The van der Waals surface area contributed by atoms with Crippen molar-refractivity contribution in [2.45, 2.75) is 6.42 Å². The van der Waals surface area contributed by atoms with Gasteiger partial charge in [-0.1, -0.05) is 29.3 Å². The van der Waals surface area contributed by atoms with Crippen molar-refractivity contribution in [3.05, 3.63) is 52.6 Å².